The van der Waals surface area contributed by atoms with E-state index in [4.69, 9.17) is 14.7 Å². The molecule has 1 heterocycles. The Morgan fingerprint density at radius 3 is 2.31 bits per heavy atom. The number of hydrogen-bond donors (Lipinski definition) is 5. The van der Waals surface area contributed by atoms with Crippen LogP contribution in [0.4, 0.5) is 11.4 Å². The highest BCUT2D eigenvalue weighted by molar-refractivity contribution is 7.99. The van der Waals surface area contributed by atoms with Gasteiger partial charge in [-0.1, -0.05) is 36.4 Å². The number of aliphatic hydroxyl groups is 1. The fraction of sp³-hybridized carbons (Fsp3) is 0.323. The van der Waals surface area contributed by atoms with E-state index in [1.165, 1.54) is 6.92 Å². The van der Waals surface area contributed by atoms with Gasteiger partial charge in [-0.05, 0) is 53.9 Å². The molecule has 0 bridgehead atoms. The van der Waals surface area contributed by atoms with Crippen molar-refractivity contribution < 1.29 is 34.2 Å². The number of carbonyl (C=O) groups excluding carboxylic acids is 3. The molecule has 42 heavy (non-hydrogen) atoms. The zero-order valence-electron chi connectivity index (χ0n) is 23.2. The molecule has 0 radical (unpaired) electrons. The first-order valence-electron chi connectivity index (χ1n) is 13.7. The molecule has 0 spiro atoms. The van der Waals surface area contributed by atoms with Gasteiger partial charge in [0, 0.05) is 53.8 Å². The third-order valence-electron chi connectivity index (χ3n) is 6.60. The van der Waals surface area contributed by atoms with E-state index < -0.39 is 12.2 Å². The number of nitrogens with one attached hydrogen (secondary N) is 3. The van der Waals surface area contributed by atoms with Crippen LogP contribution in [-0.2, 0) is 30.5 Å². The summed E-state index contributed by atoms with van der Waals surface area (Å²) < 4.78 is 12.8. The molecular weight excluding hydrogens is 558 g/mol. The summed E-state index contributed by atoms with van der Waals surface area (Å²) in [5, 5.41) is 23.7. The minimum Gasteiger partial charge on any atom is -0.392 e. The van der Waals surface area contributed by atoms with Crippen LogP contribution in [0.25, 0.3) is 0 Å². The van der Waals surface area contributed by atoms with Crippen molar-refractivity contribution in [3.05, 3.63) is 89.5 Å². The average molecular weight is 594 g/mol. The molecule has 3 aromatic carbocycles. The van der Waals surface area contributed by atoms with Gasteiger partial charge in [-0.2, -0.15) is 0 Å². The summed E-state index contributed by atoms with van der Waals surface area (Å²) >= 11 is 1.65. The minimum absolute atomic E-state index is 0.0370. The summed E-state index contributed by atoms with van der Waals surface area (Å²) in [6.45, 7) is 1.44. The number of benzene rings is 3. The Labute approximate surface area is 248 Å². The Morgan fingerprint density at radius 1 is 0.881 bits per heavy atom. The minimum atomic E-state index is -0.681. The van der Waals surface area contributed by atoms with Crippen LogP contribution in [0.3, 0.4) is 0 Å². The maximum atomic E-state index is 12.4. The normalized spacial score (nSPS) is 18.2. The van der Waals surface area contributed by atoms with Gasteiger partial charge in [-0.15, -0.1) is 11.8 Å². The molecule has 10 nitrogen and oxygen atoms in total. The highest BCUT2D eigenvalue weighted by atomic mass is 32.2. The summed E-state index contributed by atoms with van der Waals surface area (Å²) in [5.41, 5.74) is 5.42. The number of thioether (sulfide) groups is 1. The van der Waals surface area contributed by atoms with Gasteiger partial charge in [0.1, 0.15) is 0 Å². The van der Waals surface area contributed by atoms with Crippen LogP contribution < -0.4 is 16.1 Å². The zero-order valence-corrected chi connectivity index (χ0v) is 24.1. The first-order chi connectivity index (χ1) is 20.3. The van der Waals surface area contributed by atoms with Crippen molar-refractivity contribution in [2.45, 2.75) is 62.6 Å². The number of aliphatic hydroxyl groups excluding tert-OH is 1. The van der Waals surface area contributed by atoms with Crippen LogP contribution in [0.15, 0.2) is 77.7 Å². The number of hydroxylamine groups is 1. The first kappa shape index (κ1) is 31.2. The molecule has 4 rings (SSSR count). The summed E-state index contributed by atoms with van der Waals surface area (Å²) in [4.78, 5) is 35.9. The number of hydrogen-bond acceptors (Lipinski definition) is 8. The van der Waals surface area contributed by atoms with Crippen molar-refractivity contribution in [2.75, 3.05) is 16.4 Å². The Bertz CT molecular complexity index is 1350. The van der Waals surface area contributed by atoms with Gasteiger partial charge < -0.3 is 25.2 Å². The standard InChI is InChI=1S/C31H35N3O7S/c1-20(36)32-24-12-14-27(15-13-24)42-19-26-17-28(22-10-8-21(18-35)9-11-22)41-31(40-26)23-4-2-5-25(16-23)33-29(37)6-3-7-30(38)34-39/h2,4-5,8-16,26,28,31,35,39H,3,6-7,17-19H2,1H3,(H,32,36)(H,33,37)(H,34,38)/t26-,28+,31+/m1/s1. The Hall–Kier alpha value is -3.74. The molecule has 0 aromatic heterocycles. The lowest BCUT2D eigenvalue weighted by Crippen LogP contribution is -2.31. The van der Waals surface area contributed by atoms with Crippen LogP contribution in [0.2, 0.25) is 0 Å². The Balaban J connectivity index is 1.45. The maximum Gasteiger partial charge on any atom is 0.243 e. The molecule has 3 amide bonds. The van der Waals surface area contributed by atoms with Crippen molar-refractivity contribution in [3.63, 3.8) is 0 Å². The second-order valence-corrected chi connectivity index (χ2v) is 11.0. The summed E-state index contributed by atoms with van der Waals surface area (Å²) in [6, 6.07) is 22.6. The predicted octanol–water partition coefficient (Wildman–Crippen LogP) is 5.09. The van der Waals surface area contributed by atoms with Gasteiger partial charge in [0.05, 0.1) is 18.8 Å². The molecule has 1 saturated heterocycles. The lowest BCUT2D eigenvalue weighted by Gasteiger charge is -2.36. The van der Waals surface area contributed by atoms with Crippen LogP contribution in [0, 0.1) is 0 Å². The summed E-state index contributed by atoms with van der Waals surface area (Å²) in [7, 11) is 0. The van der Waals surface area contributed by atoms with E-state index in [0.29, 0.717) is 24.3 Å². The van der Waals surface area contributed by atoms with Crippen LogP contribution in [0.5, 0.6) is 0 Å². The van der Waals surface area contributed by atoms with Crippen molar-refractivity contribution in [1.29, 1.82) is 0 Å². The molecule has 3 aromatic rings. The van der Waals surface area contributed by atoms with E-state index >= 15 is 0 Å². The lowest BCUT2D eigenvalue weighted by molar-refractivity contribution is -0.245. The number of ether oxygens (including phenoxy) is 2. The summed E-state index contributed by atoms with van der Waals surface area (Å²) in [5.74, 6) is -0.232. The first-order valence-corrected chi connectivity index (χ1v) is 14.7. The van der Waals surface area contributed by atoms with Gasteiger partial charge in [0.25, 0.3) is 0 Å². The van der Waals surface area contributed by atoms with Gasteiger partial charge in [-0.25, -0.2) is 5.48 Å². The van der Waals surface area contributed by atoms with Crippen molar-refractivity contribution in [1.82, 2.24) is 5.48 Å². The Morgan fingerprint density at radius 2 is 1.62 bits per heavy atom. The zero-order chi connectivity index (χ0) is 29.9. The van der Waals surface area contributed by atoms with Crippen molar-refractivity contribution in [3.8, 4) is 0 Å². The van der Waals surface area contributed by atoms with E-state index in [1.807, 2.05) is 66.7 Å². The average Bonchev–Trinajstić information content (AvgIpc) is 3.00. The fourth-order valence-electron chi connectivity index (χ4n) is 4.50. The Kier molecular flexibility index (Phi) is 11.5. The fourth-order valence-corrected chi connectivity index (χ4v) is 5.42. The van der Waals surface area contributed by atoms with Gasteiger partial charge in [0.2, 0.25) is 17.7 Å². The van der Waals surface area contributed by atoms with Crippen LogP contribution in [0.1, 0.15) is 61.7 Å². The highest BCUT2D eigenvalue weighted by Gasteiger charge is 2.32. The van der Waals surface area contributed by atoms with Crippen LogP contribution >= 0.6 is 11.8 Å². The molecule has 1 aliphatic heterocycles. The third-order valence-corrected chi connectivity index (χ3v) is 7.74. The van der Waals surface area contributed by atoms with E-state index in [0.717, 1.165) is 27.3 Å². The predicted molar refractivity (Wildman–Crippen MR) is 159 cm³/mol. The molecule has 1 fully saturated rings. The van der Waals surface area contributed by atoms with Gasteiger partial charge in [0.15, 0.2) is 6.29 Å². The molecular formula is C31H35N3O7S. The van der Waals surface area contributed by atoms with Gasteiger partial charge >= 0.3 is 0 Å². The molecule has 0 unspecified atom stereocenters. The number of amides is 3. The quantitative estimate of drug-likeness (QED) is 0.111. The molecule has 5 N–H and O–H groups in total. The number of anilines is 2. The topological polar surface area (TPSA) is 146 Å². The molecule has 0 aliphatic carbocycles. The molecule has 11 heteroatoms. The van der Waals surface area contributed by atoms with E-state index in [-0.39, 0.29) is 43.5 Å². The van der Waals surface area contributed by atoms with E-state index in [9.17, 15) is 19.5 Å². The van der Waals surface area contributed by atoms with Crippen molar-refractivity contribution in [2.24, 2.45) is 0 Å². The largest absolute Gasteiger partial charge is 0.392 e. The lowest BCUT2D eigenvalue weighted by atomic mass is 10.0. The van der Waals surface area contributed by atoms with Crippen LogP contribution in [-0.4, -0.2) is 39.9 Å². The molecule has 1 aliphatic rings. The SMILES string of the molecule is CC(=O)Nc1ccc(SC[C@H]2C[C@@H](c3ccc(CO)cc3)O[C@@H](c3cccc(NC(=O)CCCC(=O)NO)c3)O2)cc1. The summed E-state index contributed by atoms with van der Waals surface area (Å²) in [6.07, 6.45) is 0.0301. The maximum absolute atomic E-state index is 12.4. The number of carbonyl (C=O) groups is 3. The molecule has 0 saturated carbocycles. The highest BCUT2D eigenvalue weighted by Crippen LogP contribution is 2.40. The monoisotopic (exact) mass is 593 g/mol. The molecule has 3 atom stereocenters. The smallest absolute Gasteiger partial charge is 0.243 e. The van der Waals surface area contributed by atoms with Crippen molar-refractivity contribution >= 4 is 40.9 Å². The number of rotatable bonds is 12. The molecule has 222 valence electrons. The van der Waals surface area contributed by atoms with E-state index in [1.54, 1.807) is 23.3 Å². The third kappa shape index (κ3) is 9.40. The van der Waals surface area contributed by atoms with Gasteiger partial charge in [-0.3, -0.25) is 19.6 Å². The second-order valence-electron chi connectivity index (χ2n) is 9.93. The second kappa shape index (κ2) is 15.5. The van der Waals surface area contributed by atoms with E-state index in [2.05, 4.69) is 10.6 Å².